The van der Waals surface area contributed by atoms with Gasteiger partial charge in [0.1, 0.15) is 0 Å². The first-order valence-corrected chi connectivity index (χ1v) is 1.50. The third-order valence-corrected chi connectivity index (χ3v) is 0. The van der Waals surface area contributed by atoms with Crippen LogP contribution >= 0.6 is 0 Å². The SMILES string of the molecule is C=C.C=C.C=C.[Al+3]. The molecule has 0 aliphatic rings. The van der Waals surface area contributed by atoms with E-state index >= 15 is 0 Å². The van der Waals surface area contributed by atoms with Crippen LogP contribution in [0, 0.1) is 0 Å². The van der Waals surface area contributed by atoms with E-state index in [0.717, 1.165) is 0 Å². The molecule has 0 heterocycles. The molecular weight excluding hydrogens is 99.0 g/mol. The Morgan fingerprint density at radius 2 is 0.429 bits per heavy atom. The predicted octanol–water partition coefficient (Wildman–Crippen LogP) is 2.03. The summed E-state index contributed by atoms with van der Waals surface area (Å²) in [5.41, 5.74) is 0. The molecule has 0 aromatic heterocycles. The predicted molar refractivity (Wildman–Crippen MR) is 39.5 cm³/mol. The van der Waals surface area contributed by atoms with Gasteiger partial charge in [-0.1, -0.05) is 0 Å². The van der Waals surface area contributed by atoms with E-state index in [1.165, 1.54) is 0 Å². The van der Waals surface area contributed by atoms with E-state index < -0.39 is 0 Å². The van der Waals surface area contributed by atoms with Crippen LogP contribution in [-0.4, -0.2) is 17.4 Å². The molecule has 0 spiro atoms. The van der Waals surface area contributed by atoms with E-state index in [-0.39, 0.29) is 17.4 Å². The van der Waals surface area contributed by atoms with Crippen LogP contribution in [0.2, 0.25) is 0 Å². The molecule has 0 unspecified atom stereocenters. The quantitative estimate of drug-likeness (QED) is 0.331. The van der Waals surface area contributed by atoms with Gasteiger partial charge in [-0.2, -0.15) is 0 Å². The van der Waals surface area contributed by atoms with Crippen molar-refractivity contribution < 1.29 is 0 Å². The fourth-order valence-corrected chi connectivity index (χ4v) is 0. The molecule has 0 aliphatic heterocycles. The van der Waals surface area contributed by atoms with E-state index in [2.05, 4.69) is 39.5 Å². The molecule has 0 atom stereocenters. The van der Waals surface area contributed by atoms with Crippen molar-refractivity contribution in [3.63, 3.8) is 0 Å². The molecule has 7 heavy (non-hydrogen) atoms. The van der Waals surface area contributed by atoms with Gasteiger partial charge in [-0.3, -0.25) is 0 Å². The van der Waals surface area contributed by atoms with E-state index in [0.29, 0.717) is 0 Å². The maximum atomic E-state index is 3.00. The minimum absolute atomic E-state index is 0. The summed E-state index contributed by atoms with van der Waals surface area (Å²) in [6, 6.07) is 0. The number of hydrogen-bond acceptors (Lipinski definition) is 0. The maximum Gasteiger partial charge on any atom is 3.00 e. The molecule has 0 fully saturated rings. The topological polar surface area (TPSA) is 0 Å². The Bertz CT molecular complexity index is 8.90. The van der Waals surface area contributed by atoms with Gasteiger partial charge in [-0.15, -0.1) is 39.5 Å². The number of rotatable bonds is 0. The molecule has 0 rings (SSSR count). The second kappa shape index (κ2) is 2120. The van der Waals surface area contributed by atoms with E-state index in [4.69, 9.17) is 0 Å². The van der Waals surface area contributed by atoms with Crippen LogP contribution in [0.25, 0.3) is 0 Å². The summed E-state index contributed by atoms with van der Waals surface area (Å²) in [6.07, 6.45) is 0. The van der Waals surface area contributed by atoms with Crippen molar-refractivity contribution in [1.29, 1.82) is 0 Å². The van der Waals surface area contributed by atoms with E-state index in [9.17, 15) is 0 Å². The van der Waals surface area contributed by atoms with Gasteiger partial charge >= 0.3 is 17.4 Å². The average Bonchev–Trinajstić information content (AvgIpc) is 1.81. The van der Waals surface area contributed by atoms with Gasteiger partial charge in [0.05, 0.1) is 0 Å². The summed E-state index contributed by atoms with van der Waals surface area (Å²) in [5, 5.41) is 0. The van der Waals surface area contributed by atoms with Gasteiger partial charge in [0.15, 0.2) is 0 Å². The van der Waals surface area contributed by atoms with Crippen molar-refractivity contribution in [3.05, 3.63) is 39.5 Å². The van der Waals surface area contributed by atoms with Crippen LogP contribution in [0.15, 0.2) is 39.5 Å². The largest absolute Gasteiger partial charge is 3.00 e. The number of hydrogen-bond donors (Lipinski definition) is 0. The molecular formula is C6H12Al+3. The van der Waals surface area contributed by atoms with Gasteiger partial charge in [0.25, 0.3) is 0 Å². The first kappa shape index (κ1) is 29.5. The molecule has 0 nitrogen and oxygen atoms in total. The van der Waals surface area contributed by atoms with Crippen LogP contribution in [0.3, 0.4) is 0 Å². The standard InChI is InChI=1S/3C2H4.Al/c3*1-2;/h3*1-2H2;/q;;;+3. The van der Waals surface area contributed by atoms with Crippen molar-refractivity contribution in [1.82, 2.24) is 0 Å². The summed E-state index contributed by atoms with van der Waals surface area (Å²) in [5.74, 6) is 0. The van der Waals surface area contributed by atoms with Crippen LogP contribution < -0.4 is 0 Å². The molecule has 0 bridgehead atoms. The molecule has 0 saturated heterocycles. The fourth-order valence-electron chi connectivity index (χ4n) is 0. The molecule has 0 saturated carbocycles. The maximum absolute atomic E-state index is 3.00. The summed E-state index contributed by atoms with van der Waals surface area (Å²) in [4.78, 5) is 0. The molecule has 0 radical (unpaired) electrons. The Balaban J connectivity index is -0.00000000900. The summed E-state index contributed by atoms with van der Waals surface area (Å²) in [7, 11) is 0. The zero-order chi connectivity index (χ0) is 6.00. The van der Waals surface area contributed by atoms with E-state index in [1.807, 2.05) is 0 Å². The molecule has 0 aromatic carbocycles. The smallest absolute Gasteiger partial charge is 0.106 e. The van der Waals surface area contributed by atoms with Gasteiger partial charge in [-0.25, -0.2) is 0 Å². The average molecular weight is 111 g/mol. The van der Waals surface area contributed by atoms with Gasteiger partial charge in [-0.05, 0) is 0 Å². The minimum atomic E-state index is 0. The Kier molecular flexibility index (Phi) is 8930. The van der Waals surface area contributed by atoms with Gasteiger partial charge in [0.2, 0.25) is 0 Å². The summed E-state index contributed by atoms with van der Waals surface area (Å²) >= 11 is 0. The van der Waals surface area contributed by atoms with Gasteiger partial charge in [0, 0.05) is 0 Å². The molecule has 0 aliphatic carbocycles. The zero-order valence-electron chi connectivity index (χ0n) is 4.82. The Hall–Kier alpha value is -0.248. The van der Waals surface area contributed by atoms with Crippen molar-refractivity contribution in [3.8, 4) is 0 Å². The molecule has 0 amide bonds. The van der Waals surface area contributed by atoms with Crippen molar-refractivity contribution in [2.75, 3.05) is 0 Å². The Labute approximate surface area is 57.4 Å². The first-order chi connectivity index (χ1) is 3.00. The van der Waals surface area contributed by atoms with Crippen LogP contribution in [0.5, 0.6) is 0 Å². The normalized spacial score (nSPS) is 1.71. The first-order valence-electron chi connectivity index (χ1n) is 1.50. The van der Waals surface area contributed by atoms with Crippen LogP contribution in [-0.2, 0) is 0 Å². The second-order valence-corrected chi connectivity index (χ2v) is 0. The van der Waals surface area contributed by atoms with Crippen molar-refractivity contribution >= 4 is 17.4 Å². The third kappa shape index (κ3) is 1320. The molecule has 36 valence electrons. The Morgan fingerprint density at radius 3 is 0.429 bits per heavy atom. The zero-order valence-corrected chi connectivity index (χ0v) is 5.97. The Morgan fingerprint density at radius 1 is 0.429 bits per heavy atom. The molecule has 0 aromatic rings. The fraction of sp³-hybridized carbons (Fsp3) is 0. The molecule has 1 heteroatoms. The summed E-state index contributed by atoms with van der Waals surface area (Å²) in [6.45, 7) is 18.0. The minimum Gasteiger partial charge on any atom is -0.106 e. The monoisotopic (exact) mass is 111 g/mol. The van der Waals surface area contributed by atoms with Gasteiger partial charge < -0.3 is 0 Å². The van der Waals surface area contributed by atoms with Crippen molar-refractivity contribution in [2.45, 2.75) is 0 Å². The molecule has 0 N–H and O–H groups in total. The second-order valence-electron chi connectivity index (χ2n) is 0. The van der Waals surface area contributed by atoms with E-state index in [1.54, 1.807) is 0 Å². The van der Waals surface area contributed by atoms with Crippen molar-refractivity contribution in [2.24, 2.45) is 0 Å². The third-order valence-electron chi connectivity index (χ3n) is 0. The summed E-state index contributed by atoms with van der Waals surface area (Å²) < 4.78 is 0. The van der Waals surface area contributed by atoms with Crippen LogP contribution in [0.1, 0.15) is 0 Å². The van der Waals surface area contributed by atoms with Crippen LogP contribution in [0.4, 0.5) is 0 Å².